The fraction of sp³-hybridized carbons (Fsp3) is 0.429. The molecule has 0 aromatic heterocycles. The van der Waals surface area contributed by atoms with E-state index in [2.05, 4.69) is 22.3 Å². The highest BCUT2D eigenvalue weighted by Gasteiger charge is 2.33. The number of ether oxygens (including phenoxy) is 3. The van der Waals surface area contributed by atoms with Gasteiger partial charge in [-0.1, -0.05) is 67.1 Å². The van der Waals surface area contributed by atoms with E-state index in [0.717, 1.165) is 59.4 Å². The number of esters is 1. The van der Waals surface area contributed by atoms with Crippen LogP contribution in [0.25, 0.3) is 11.1 Å². The molecule has 228 valence electrons. The lowest BCUT2D eigenvalue weighted by atomic mass is 9.98. The molecule has 5 rings (SSSR count). The average molecular weight is 587 g/mol. The lowest BCUT2D eigenvalue weighted by Gasteiger charge is -2.39. The molecule has 8 heteroatoms. The largest absolute Gasteiger partial charge is 0.453 e. The molecule has 1 amide bonds. The van der Waals surface area contributed by atoms with Crippen LogP contribution in [0.5, 0.6) is 0 Å². The van der Waals surface area contributed by atoms with E-state index in [1.54, 1.807) is 6.92 Å². The highest BCUT2D eigenvalue weighted by Crippen LogP contribution is 2.39. The van der Waals surface area contributed by atoms with Crippen LogP contribution in [0.4, 0.5) is 0 Å². The number of hydrogen-bond acceptors (Lipinski definition) is 7. The molecule has 2 N–H and O–H groups in total. The minimum atomic E-state index is -0.844. The van der Waals surface area contributed by atoms with Crippen LogP contribution < -0.4 is 5.32 Å². The molecule has 8 nitrogen and oxygen atoms in total. The molecule has 3 aromatic carbocycles. The van der Waals surface area contributed by atoms with Crippen molar-refractivity contribution in [3.8, 4) is 11.1 Å². The predicted octanol–water partition coefficient (Wildman–Crippen LogP) is 5.45. The van der Waals surface area contributed by atoms with Gasteiger partial charge in [-0.25, -0.2) is 0 Å². The molecule has 0 radical (unpaired) electrons. The molecule has 0 aliphatic carbocycles. The molecular formula is C35H42N2O6. The number of nitrogens with zero attached hydrogens (tertiary/aromatic N) is 1. The van der Waals surface area contributed by atoms with E-state index in [-0.39, 0.29) is 24.7 Å². The summed E-state index contributed by atoms with van der Waals surface area (Å²) in [5, 5.41) is 12.3. The zero-order chi connectivity index (χ0) is 30.2. The van der Waals surface area contributed by atoms with E-state index in [4.69, 9.17) is 14.2 Å². The van der Waals surface area contributed by atoms with Crippen LogP contribution >= 0.6 is 0 Å². The van der Waals surface area contributed by atoms with Crippen molar-refractivity contribution in [1.82, 2.24) is 10.2 Å². The fourth-order valence-electron chi connectivity index (χ4n) is 5.82. The Labute approximate surface area is 254 Å². The van der Waals surface area contributed by atoms with Crippen LogP contribution in [-0.2, 0) is 37.0 Å². The molecule has 3 aromatic rings. The number of carbonyl (C=O) groups excluding carboxylic acids is 2. The molecule has 43 heavy (non-hydrogen) atoms. The summed E-state index contributed by atoms with van der Waals surface area (Å²) in [6.07, 6.45) is 3.08. The number of amides is 1. The van der Waals surface area contributed by atoms with E-state index >= 15 is 0 Å². The average Bonchev–Trinajstić information content (AvgIpc) is 3.04. The summed E-state index contributed by atoms with van der Waals surface area (Å²) in [7, 11) is 0. The molecule has 0 spiro atoms. The van der Waals surface area contributed by atoms with Crippen molar-refractivity contribution >= 4 is 11.9 Å². The van der Waals surface area contributed by atoms with Crippen molar-refractivity contribution in [3.05, 3.63) is 95.1 Å². The quantitative estimate of drug-likeness (QED) is 0.305. The maximum atomic E-state index is 12.3. The SMILES string of the molecule is CC(=O)O[C@@H](C)C(=O)NCc1cccc(-c2cccc([C@@H]3O[C@H](CN4CCCCC4)C[C@H](c4ccc(CO)cc4)O3)c2)c1. The van der Waals surface area contributed by atoms with Gasteiger partial charge in [0.05, 0.1) is 18.8 Å². The number of nitrogens with one attached hydrogen (secondary N) is 1. The fourth-order valence-corrected chi connectivity index (χ4v) is 5.82. The number of likely N-dealkylation sites (tertiary alicyclic amines) is 1. The molecule has 2 aliphatic rings. The van der Waals surface area contributed by atoms with Crippen LogP contribution in [0.2, 0.25) is 0 Å². The van der Waals surface area contributed by atoms with Crippen molar-refractivity contribution in [1.29, 1.82) is 0 Å². The summed E-state index contributed by atoms with van der Waals surface area (Å²) >= 11 is 0. The van der Waals surface area contributed by atoms with Crippen LogP contribution in [0.1, 0.15) is 74.2 Å². The summed E-state index contributed by atoms with van der Waals surface area (Å²) in [6, 6.07) is 24.2. The Bertz CT molecular complexity index is 1370. The second kappa shape index (κ2) is 14.8. The predicted molar refractivity (Wildman–Crippen MR) is 164 cm³/mol. The van der Waals surface area contributed by atoms with Crippen LogP contribution in [0.3, 0.4) is 0 Å². The van der Waals surface area contributed by atoms with Gasteiger partial charge in [0.2, 0.25) is 0 Å². The Balaban J connectivity index is 1.32. The maximum absolute atomic E-state index is 12.3. The second-order valence-electron chi connectivity index (χ2n) is 11.5. The van der Waals surface area contributed by atoms with Gasteiger partial charge < -0.3 is 29.5 Å². The third-order valence-corrected chi connectivity index (χ3v) is 8.12. The first kappa shape index (κ1) is 30.9. The lowest BCUT2D eigenvalue weighted by molar-refractivity contribution is -0.253. The van der Waals surface area contributed by atoms with Crippen LogP contribution in [-0.4, -0.2) is 53.7 Å². The highest BCUT2D eigenvalue weighted by molar-refractivity contribution is 5.82. The van der Waals surface area contributed by atoms with Gasteiger partial charge in [-0.3, -0.25) is 9.59 Å². The molecular weight excluding hydrogens is 544 g/mol. The van der Waals surface area contributed by atoms with E-state index in [1.165, 1.54) is 26.2 Å². The molecule has 0 saturated carbocycles. The normalized spacial score (nSPS) is 21.6. The highest BCUT2D eigenvalue weighted by atomic mass is 16.7. The first-order valence-electron chi connectivity index (χ1n) is 15.2. The Hall–Kier alpha value is -3.56. The standard InChI is InChI=1S/C35H42N2O6/c1-24(41-25(2)39)34(40)36-21-27-8-6-9-29(18-27)30-10-7-11-31(19-30)35-42-32(22-37-16-4-3-5-17-37)20-33(43-35)28-14-12-26(23-38)13-15-28/h6-15,18-19,24,32-33,35,38H,3-5,16-17,20-23H2,1-2H3,(H,36,40)/t24-,32-,33+,35+/m0/s1. The van der Waals surface area contributed by atoms with Gasteiger partial charge in [0, 0.05) is 32.0 Å². The maximum Gasteiger partial charge on any atom is 0.303 e. The first-order chi connectivity index (χ1) is 20.9. The molecule has 2 fully saturated rings. The topological polar surface area (TPSA) is 97.3 Å². The van der Waals surface area contributed by atoms with Crippen molar-refractivity contribution in [2.24, 2.45) is 0 Å². The molecule has 2 heterocycles. The summed E-state index contributed by atoms with van der Waals surface area (Å²) in [6.45, 7) is 6.28. The number of carbonyl (C=O) groups is 2. The Kier molecular flexibility index (Phi) is 10.6. The smallest absolute Gasteiger partial charge is 0.303 e. The first-order valence-corrected chi connectivity index (χ1v) is 15.2. The number of hydrogen-bond donors (Lipinski definition) is 2. The minimum Gasteiger partial charge on any atom is -0.453 e. The summed E-state index contributed by atoms with van der Waals surface area (Å²) in [4.78, 5) is 26.0. The van der Waals surface area contributed by atoms with Crippen LogP contribution in [0.15, 0.2) is 72.8 Å². The second-order valence-corrected chi connectivity index (χ2v) is 11.5. The summed E-state index contributed by atoms with van der Waals surface area (Å²) < 4.78 is 18.2. The Morgan fingerprint density at radius 1 is 0.930 bits per heavy atom. The van der Waals surface area contributed by atoms with Crippen LogP contribution in [0, 0.1) is 0 Å². The van der Waals surface area contributed by atoms with Gasteiger partial charge in [-0.2, -0.15) is 0 Å². The van der Waals surface area contributed by atoms with Gasteiger partial charge in [0.1, 0.15) is 0 Å². The van der Waals surface area contributed by atoms with Gasteiger partial charge >= 0.3 is 5.97 Å². The van der Waals surface area contributed by atoms with Gasteiger partial charge in [-0.15, -0.1) is 0 Å². The third kappa shape index (κ3) is 8.51. The van der Waals surface area contributed by atoms with Gasteiger partial charge in [-0.05, 0) is 72.8 Å². The number of aliphatic hydroxyl groups excluding tert-OH is 1. The molecule has 0 unspecified atom stereocenters. The Morgan fingerprint density at radius 2 is 1.65 bits per heavy atom. The zero-order valence-electron chi connectivity index (χ0n) is 25.0. The molecule has 4 atom stereocenters. The molecule has 0 bridgehead atoms. The van der Waals surface area contributed by atoms with Crippen molar-refractivity contribution < 1.29 is 28.9 Å². The minimum absolute atomic E-state index is 0.0168. The number of aliphatic hydroxyl groups is 1. The number of piperidine rings is 1. The van der Waals surface area contributed by atoms with Crippen molar-refractivity contribution in [2.45, 2.75) is 77.3 Å². The third-order valence-electron chi connectivity index (χ3n) is 8.12. The van der Waals surface area contributed by atoms with Crippen molar-refractivity contribution in [3.63, 3.8) is 0 Å². The summed E-state index contributed by atoms with van der Waals surface area (Å²) in [5.41, 5.74) is 5.89. The van der Waals surface area contributed by atoms with Gasteiger partial charge in [0.25, 0.3) is 5.91 Å². The number of benzene rings is 3. The van der Waals surface area contributed by atoms with Crippen molar-refractivity contribution in [2.75, 3.05) is 19.6 Å². The summed E-state index contributed by atoms with van der Waals surface area (Å²) in [5.74, 6) is -0.826. The van der Waals surface area contributed by atoms with E-state index < -0.39 is 18.4 Å². The van der Waals surface area contributed by atoms with E-state index in [0.29, 0.717) is 6.54 Å². The molecule has 2 saturated heterocycles. The molecule has 2 aliphatic heterocycles. The zero-order valence-corrected chi connectivity index (χ0v) is 25.0. The monoisotopic (exact) mass is 586 g/mol. The lowest BCUT2D eigenvalue weighted by Crippen LogP contribution is -2.41. The van der Waals surface area contributed by atoms with E-state index in [9.17, 15) is 14.7 Å². The number of rotatable bonds is 10. The van der Waals surface area contributed by atoms with E-state index in [1.807, 2.05) is 60.7 Å². The van der Waals surface area contributed by atoms with Gasteiger partial charge in [0.15, 0.2) is 12.4 Å². The Morgan fingerprint density at radius 3 is 2.37 bits per heavy atom.